The summed E-state index contributed by atoms with van der Waals surface area (Å²) in [6, 6.07) is 12.6. The first kappa shape index (κ1) is 16.5. The molecule has 0 saturated heterocycles. The zero-order chi connectivity index (χ0) is 16.5. The van der Waals surface area contributed by atoms with E-state index < -0.39 is 0 Å². The number of aliphatic imine (C=N–C) groups is 1. The molecule has 0 bridgehead atoms. The first-order valence-electron chi connectivity index (χ1n) is 7.25. The minimum Gasteiger partial charge on any atom is -0.497 e. The SMILES string of the molecule is CCOC(=NCc1ccccn1)NC(=O)c1cccc(OC)c1. The molecule has 1 aromatic carbocycles. The van der Waals surface area contributed by atoms with Crippen molar-refractivity contribution in [1.82, 2.24) is 10.3 Å². The number of pyridine rings is 1. The summed E-state index contributed by atoms with van der Waals surface area (Å²) in [4.78, 5) is 20.7. The molecule has 2 rings (SSSR count). The summed E-state index contributed by atoms with van der Waals surface area (Å²) in [7, 11) is 1.55. The Hall–Kier alpha value is -2.89. The average molecular weight is 313 g/mol. The van der Waals surface area contributed by atoms with Gasteiger partial charge >= 0.3 is 0 Å². The summed E-state index contributed by atoms with van der Waals surface area (Å²) in [5.74, 6) is 0.304. The minimum atomic E-state index is -0.308. The van der Waals surface area contributed by atoms with E-state index in [4.69, 9.17) is 9.47 Å². The van der Waals surface area contributed by atoms with Gasteiger partial charge in [-0.05, 0) is 37.3 Å². The normalized spacial score (nSPS) is 11.0. The molecular formula is C17H19N3O3. The van der Waals surface area contributed by atoms with Crippen molar-refractivity contribution < 1.29 is 14.3 Å². The number of rotatable bonds is 5. The fourth-order valence-electron chi connectivity index (χ4n) is 1.84. The second-order valence-corrected chi connectivity index (χ2v) is 4.56. The molecular weight excluding hydrogens is 294 g/mol. The summed E-state index contributed by atoms with van der Waals surface area (Å²) < 4.78 is 10.5. The highest BCUT2D eigenvalue weighted by molar-refractivity contribution is 6.04. The lowest BCUT2D eigenvalue weighted by Gasteiger charge is -2.10. The Kier molecular flexibility index (Phi) is 6.11. The number of nitrogens with one attached hydrogen (secondary N) is 1. The molecule has 6 heteroatoms. The number of benzene rings is 1. The fourth-order valence-corrected chi connectivity index (χ4v) is 1.84. The van der Waals surface area contributed by atoms with Gasteiger partial charge in [-0.2, -0.15) is 0 Å². The highest BCUT2D eigenvalue weighted by atomic mass is 16.5. The van der Waals surface area contributed by atoms with Gasteiger partial charge in [0.05, 0.1) is 26.0 Å². The Morgan fingerprint density at radius 1 is 1.26 bits per heavy atom. The number of carbonyl (C=O) groups excluding carboxylic acids is 1. The van der Waals surface area contributed by atoms with Gasteiger partial charge in [0.1, 0.15) is 5.75 Å². The van der Waals surface area contributed by atoms with E-state index in [2.05, 4.69) is 15.3 Å². The molecule has 0 aliphatic rings. The van der Waals surface area contributed by atoms with E-state index in [0.717, 1.165) is 5.69 Å². The van der Waals surface area contributed by atoms with Gasteiger partial charge in [-0.1, -0.05) is 12.1 Å². The lowest BCUT2D eigenvalue weighted by molar-refractivity contribution is 0.0965. The third-order valence-electron chi connectivity index (χ3n) is 2.94. The lowest BCUT2D eigenvalue weighted by atomic mass is 10.2. The molecule has 0 atom stereocenters. The maximum absolute atomic E-state index is 12.3. The van der Waals surface area contributed by atoms with Crippen molar-refractivity contribution >= 4 is 11.9 Å². The Balaban J connectivity index is 2.07. The van der Waals surface area contributed by atoms with Crippen LogP contribution in [0.2, 0.25) is 0 Å². The predicted molar refractivity (Wildman–Crippen MR) is 87.5 cm³/mol. The summed E-state index contributed by atoms with van der Waals surface area (Å²) in [6.07, 6.45) is 1.69. The molecule has 0 fully saturated rings. The maximum Gasteiger partial charge on any atom is 0.292 e. The van der Waals surface area contributed by atoms with Crippen LogP contribution in [0.1, 0.15) is 23.0 Å². The third-order valence-corrected chi connectivity index (χ3v) is 2.94. The highest BCUT2D eigenvalue weighted by Crippen LogP contribution is 2.12. The van der Waals surface area contributed by atoms with Gasteiger partial charge in [-0.15, -0.1) is 0 Å². The van der Waals surface area contributed by atoms with Crippen molar-refractivity contribution in [3.63, 3.8) is 0 Å². The molecule has 0 saturated carbocycles. The van der Waals surface area contributed by atoms with Crippen LogP contribution in [-0.2, 0) is 11.3 Å². The van der Waals surface area contributed by atoms with E-state index in [0.29, 0.717) is 24.5 Å². The number of hydrogen-bond acceptors (Lipinski definition) is 5. The zero-order valence-corrected chi connectivity index (χ0v) is 13.2. The van der Waals surface area contributed by atoms with Crippen molar-refractivity contribution in [2.24, 2.45) is 4.99 Å². The Morgan fingerprint density at radius 3 is 2.83 bits per heavy atom. The van der Waals surface area contributed by atoms with Gasteiger partial charge in [0, 0.05) is 11.8 Å². The highest BCUT2D eigenvalue weighted by Gasteiger charge is 2.10. The van der Waals surface area contributed by atoms with Crippen molar-refractivity contribution in [1.29, 1.82) is 0 Å². The average Bonchev–Trinajstić information content (AvgIpc) is 2.60. The summed E-state index contributed by atoms with van der Waals surface area (Å²) in [5.41, 5.74) is 1.26. The Labute approximate surface area is 135 Å². The van der Waals surface area contributed by atoms with Crippen LogP contribution >= 0.6 is 0 Å². The molecule has 0 aliphatic heterocycles. The molecule has 0 unspecified atom stereocenters. The van der Waals surface area contributed by atoms with E-state index >= 15 is 0 Å². The number of nitrogens with zero attached hydrogens (tertiary/aromatic N) is 2. The number of carbonyl (C=O) groups is 1. The molecule has 0 radical (unpaired) electrons. The second-order valence-electron chi connectivity index (χ2n) is 4.56. The van der Waals surface area contributed by atoms with Gasteiger partial charge in [0.2, 0.25) is 0 Å². The van der Waals surface area contributed by atoms with Gasteiger partial charge in [-0.3, -0.25) is 15.1 Å². The van der Waals surface area contributed by atoms with E-state index in [-0.39, 0.29) is 11.9 Å². The molecule has 0 spiro atoms. The van der Waals surface area contributed by atoms with Gasteiger partial charge in [0.15, 0.2) is 0 Å². The molecule has 23 heavy (non-hydrogen) atoms. The van der Waals surface area contributed by atoms with Gasteiger partial charge < -0.3 is 9.47 Å². The number of amides is 1. The Morgan fingerprint density at radius 2 is 2.13 bits per heavy atom. The largest absolute Gasteiger partial charge is 0.497 e. The molecule has 6 nitrogen and oxygen atoms in total. The first-order valence-corrected chi connectivity index (χ1v) is 7.25. The second kappa shape index (κ2) is 8.53. The van der Waals surface area contributed by atoms with Crippen LogP contribution in [0.25, 0.3) is 0 Å². The van der Waals surface area contributed by atoms with Crippen molar-refractivity contribution in [3.8, 4) is 5.75 Å². The minimum absolute atomic E-state index is 0.172. The number of aromatic nitrogens is 1. The number of methoxy groups -OCH3 is 1. The van der Waals surface area contributed by atoms with Crippen LogP contribution in [0.15, 0.2) is 53.7 Å². The molecule has 1 aromatic heterocycles. The van der Waals surface area contributed by atoms with Crippen LogP contribution < -0.4 is 10.1 Å². The maximum atomic E-state index is 12.3. The van der Waals surface area contributed by atoms with Crippen LogP contribution in [-0.4, -0.2) is 30.6 Å². The molecule has 120 valence electrons. The molecule has 1 amide bonds. The summed E-state index contributed by atoms with van der Waals surface area (Å²) >= 11 is 0. The van der Waals surface area contributed by atoms with Crippen LogP contribution in [0, 0.1) is 0 Å². The van der Waals surface area contributed by atoms with E-state index in [1.54, 1.807) is 37.6 Å². The number of amidine groups is 1. The quantitative estimate of drug-likeness (QED) is 0.679. The van der Waals surface area contributed by atoms with Crippen LogP contribution in [0.5, 0.6) is 5.75 Å². The standard InChI is InChI=1S/C17H19N3O3/c1-3-23-17(19-12-14-8-4-5-10-18-14)20-16(21)13-7-6-9-15(11-13)22-2/h4-11H,3,12H2,1-2H3,(H,19,20,21). The van der Waals surface area contributed by atoms with E-state index in [1.807, 2.05) is 25.1 Å². The lowest BCUT2D eigenvalue weighted by Crippen LogP contribution is -2.32. The molecule has 1 N–H and O–H groups in total. The third kappa shape index (κ3) is 5.10. The van der Waals surface area contributed by atoms with Crippen molar-refractivity contribution in [2.75, 3.05) is 13.7 Å². The van der Waals surface area contributed by atoms with E-state index in [9.17, 15) is 4.79 Å². The first-order chi connectivity index (χ1) is 11.2. The van der Waals surface area contributed by atoms with Crippen LogP contribution in [0.3, 0.4) is 0 Å². The summed E-state index contributed by atoms with van der Waals surface area (Å²) in [5, 5.41) is 2.66. The molecule has 1 heterocycles. The smallest absolute Gasteiger partial charge is 0.292 e. The molecule has 0 aliphatic carbocycles. The van der Waals surface area contributed by atoms with Crippen molar-refractivity contribution in [3.05, 3.63) is 59.9 Å². The monoisotopic (exact) mass is 313 g/mol. The van der Waals surface area contributed by atoms with Crippen molar-refractivity contribution in [2.45, 2.75) is 13.5 Å². The topological polar surface area (TPSA) is 72.8 Å². The van der Waals surface area contributed by atoms with Gasteiger partial charge in [0.25, 0.3) is 11.9 Å². The predicted octanol–water partition coefficient (Wildman–Crippen LogP) is 2.41. The fraction of sp³-hybridized carbons (Fsp3) is 0.235. The number of ether oxygens (including phenoxy) is 2. The Bertz CT molecular complexity index is 672. The number of hydrogen-bond donors (Lipinski definition) is 1. The summed E-state index contributed by atoms with van der Waals surface area (Å²) in [6.45, 7) is 2.56. The zero-order valence-electron chi connectivity index (χ0n) is 13.2. The van der Waals surface area contributed by atoms with Gasteiger partial charge in [-0.25, -0.2) is 4.99 Å². The molecule has 2 aromatic rings. The van der Waals surface area contributed by atoms with E-state index in [1.165, 1.54) is 0 Å². The van der Waals surface area contributed by atoms with Crippen LogP contribution in [0.4, 0.5) is 0 Å².